The third-order valence-electron chi connectivity index (χ3n) is 6.32. The van der Waals surface area contributed by atoms with Gasteiger partial charge in [0.05, 0.1) is 10.9 Å². The van der Waals surface area contributed by atoms with Crippen LogP contribution < -0.4 is 10.9 Å². The number of carbonyl (C=O) groups excluding carboxylic acids is 1. The molecule has 4 rings (SSSR count). The summed E-state index contributed by atoms with van der Waals surface area (Å²) in [5.41, 5.74) is 3.00. The van der Waals surface area contributed by atoms with Gasteiger partial charge in [0.25, 0.3) is 11.5 Å². The molecule has 1 atom stereocenters. The van der Waals surface area contributed by atoms with Crippen LogP contribution in [0.5, 0.6) is 0 Å². The fraction of sp³-hybridized carbons (Fsp3) is 0.214. The summed E-state index contributed by atoms with van der Waals surface area (Å²) in [6.45, 7) is 4.27. The number of thiocarbonyl (C=S) groups is 1. The summed E-state index contributed by atoms with van der Waals surface area (Å²) in [4.78, 5) is 28.4. The van der Waals surface area contributed by atoms with E-state index < -0.39 is 0 Å². The normalized spacial score (nSPS) is 15.3. The zero-order valence-electron chi connectivity index (χ0n) is 20.3. The van der Waals surface area contributed by atoms with Gasteiger partial charge in [-0.15, -0.1) is 0 Å². The molecule has 3 aromatic rings. The van der Waals surface area contributed by atoms with Crippen molar-refractivity contribution < 1.29 is 4.79 Å². The first-order valence-corrected chi connectivity index (χ1v) is 12.8. The monoisotopic (exact) mass is 514 g/mol. The number of thioether (sulfide) groups is 1. The summed E-state index contributed by atoms with van der Waals surface area (Å²) in [5, 5.41) is 13.0. The summed E-state index contributed by atoms with van der Waals surface area (Å²) in [6.07, 6.45) is 2.50. The molecule has 0 spiro atoms. The molecule has 182 valence electrons. The largest absolute Gasteiger partial charge is 0.371 e. The first kappa shape index (κ1) is 25.4. The first-order chi connectivity index (χ1) is 17.3. The highest BCUT2D eigenvalue weighted by molar-refractivity contribution is 8.26. The van der Waals surface area contributed by atoms with Crippen molar-refractivity contribution in [2.75, 3.05) is 11.9 Å². The number of hydrogen-bond acceptors (Lipinski definition) is 6. The number of nitrogens with zero attached hydrogens (tertiary/aromatic N) is 3. The maximum atomic E-state index is 13.5. The molecule has 1 aliphatic heterocycles. The molecule has 0 radical (unpaired) electrons. The first-order valence-electron chi connectivity index (χ1n) is 11.6. The smallest absolute Gasteiger partial charge is 0.270 e. The lowest BCUT2D eigenvalue weighted by atomic mass is 10.0. The lowest BCUT2D eigenvalue weighted by Gasteiger charge is -2.23. The van der Waals surface area contributed by atoms with Crippen LogP contribution >= 0.6 is 24.0 Å². The van der Waals surface area contributed by atoms with Crippen molar-refractivity contribution in [2.24, 2.45) is 7.05 Å². The van der Waals surface area contributed by atoms with Gasteiger partial charge in [-0.1, -0.05) is 84.6 Å². The van der Waals surface area contributed by atoms with E-state index in [2.05, 4.69) is 5.32 Å². The van der Waals surface area contributed by atoms with Gasteiger partial charge in [-0.2, -0.15) is 5.26 Å². The van der Waals surface area contributed by atoms with Gasteiger partial charge in [-0.25, -0.2) is 0 Å². The molecule has 1 aliphatic rings. The van der Waals surface area contributed by atoms with Gasteiger partial charge in [0.15, 0.2) is 0 Å². The van der Waals surface area contributed by atoms with Crippen molar-refractivity contribution in [3.05, 3.63) is 104 Å². The molecular formula is C28H26N4O2S2. The maximum Gasteiger partial charge on any atom is 0.270 e. The van der Waals surface area contributed by atoms with E-state index in [-0.39, 0.29) is 23.1 Å². The maximum absolute atomic E-state index is 13.5. The van der Waals surface area contributed by atoms with E-state index in [1.54, 1.807) is 24.9 Å². The fourth-order valence-electron chi connectivity index (χ4n) is 4.24. The average molecular weight is 515 g/mol. The van der Waals surface area contributed by atoms with Crippen LogP contribution in [0.4, 0.5) is 5.82 Å². The van der Waals surface area contributed by atoms with E-state index in [1.807, 2.05) is 73.7 Å². The van der Waals surface area contributed by atoms with E-state index in [9.17, 15) is 14.9 Å². The zero-order valence-corrected chi connectivity index (χ0v) is 22.0. The van der Waals surface area contributed by atoms with E-state index in [4.69, 9.17) is 12.2 Å². The molecule has 6 nitrogen and oxygen atoms in total. The Morgan fingerprint density at radius 1 is 1.11 bits per heavy atom. The third kappa shape index (κ3) is 4.99. The predicted molar refractivity (Wildman–Crippen MR) is 150 cm³/mol. The van der Waals surface area contributed by atoms with Crippen molar-refractivity contribution in [3.8, 4) is 6.07 Å². The number of carbonyl (C=O) groups is 1. The highest BCUT2D eigenvalue weighted by Crippen LogP contribution is 2.39. The van der Waals surface area contributed by atoms with Crippen molar-refractivity contribution in [3.63, 3.8) is 0 Å². The summed E-state index contributed by atoms with van der Waals surface area (Å²) in [7, 11) is 1.63. The Balaban J connectivity index is 1.70. The minimum atomic E-state index is -0.375. The Morgan fingerprint density at radius 3 is 2.39 bits per heavy atom. The molecular weight excluding hydrogens is 488 g/mol. The average Bonchev–Trinajstić information content (AvgIpc) is 3.17. The molecule has 2 aromatic carbocycles. The van der Waals surface area contributed by atoms with Crippen molar-refractivity contribution in [1.82, 2.24) is 9.47 Å². The third-order valence-corrected chi connectivity index (χ3v) is 7.65. The van der Waals surface area contributed by atoms with Gasteiger partial charge in [0.1, 0.15) is 21.8 Å². The minimum Gasteiger partial charge on any atom is -0.371 e. The van der Waals surface area contributed by atoms with Crippen LogP contribution in [0.1, 0.15) is 40.8 Å². The van der Waals surface area contributed by atoms with Gasteiger partial charge in [-0.3, -0.25) is 19.1 Å². The molecule has 1 amide bonds. The topological polar surface area (TPSA) is 78.1 Å². The molecule has 0 saturated carbocycles. The predicted octanol–water partition coefficient (Wildman–Crippen LogP) is 5.18. The second-order valence-corrected chi connectivity index (χ2v) is 10.2. The number of benzene rings is 2. The quantitative estimate of drug-likeness (QED) is 0.346. The second kappa shape index (κ2) is 10.9. The molecule has 0 aliphatic carbocycles. The summed E-state index contributed by atoms with van der Waals surface area (Å²) < 4.78 is 1.92. The molecule has 1 aromatic heterocycles. The van der Waals surface area contributed by atoms with E-state index in [0.29, 0.717) is 32.7 Å². The van der Waals surface area contributed by atoms with E-state index in [0.717, 1.165) is 17.5 Å². The number of rotatable bonds is 7. The number of anilines is 1. The Bertz CT molecular complexity index is 1440. The summed E-state index contributed by atoms with van der Waals surface area (Å²) in [5.74, 6) is 0.372. The van der Waals surface area contributed by atoms with Crippen LogP contribution in [0.15, 0.2) is 70.4 Å². The number of hydrogen-bond donors (Lipinski definition) is 1. The zero-order chi connectivity index (χ0) is 25.8. The van der Waals surface area contributed by atoms with Gasteiger partial charge in [-0.05, 0) is 43.0 Å². The highest BCUT2D eigenvalue weighted by atomic mass is 32.2. The molecule has 8 heteroatoms. The molecule has 2 heterocycles. The SMILES string of the molecule is Cc1c(/C=C2/SC(=S)N(C(C)c3ccccc3)C2=O)c(NCCc2ccccc2)n(C)c(=O)c1C#N. The van der Waals surface area contributed by atoms with Crippen LogP contribution in [0.2, 0.25) is 0 Å². The van der Waals surface area contributed by atoms with E-state index in [1.165, 1.54) is 16.3 Å². The molecule has 1 unspecified atom stereocenters. The number of aromatic nitrogens is 1. The second-order valence-electron chi connectivity index (χ2n) is 8.54. The Kier molecular flexibility index (Phi) is 7.73. The molecule has 1 saturated heterocycles. The van der Waals surface area contributed by atoms with Crippen molar-refractivity contribution in [1.29, 1.82) is 5.26 Å². The molecule has 1 N–H and O–H groups in total. The highest BCUT2D eigenvalue weighted by Gasteiger charge is 2.36. The lowest BCUT2D eigenvalue weighted by molar-refractivity contribution is -0.123. The number of nitriles is 1. The molecule has 36 heavy (non-hydrogen) atoms. The number of amides is 1. The lowest BCUT2D eigenvalue weighted by Crippen LogP contribution is -2.31. The molecule has 0 bridgehead atoms. The fourth-order valence-corrected chi connectivity index (χ4v) is 5.64. The van der Waals surface area contributed by atoms with Crippen LogP contribution in [-0.4, -0.2) is 26.2 Å². The minimum absolute atomic E-state index is 0.0606. The Labute approximate surface area is 220 Å². The Morgan fingerprint density at radius 2 is 1.75 bits per heavy atom. The van der Waals surface area contributed by atoms with E-state index >= 15 is 0 Å². The van der Waals surface area contributed by atoms with Gasteiger partial charge in [0, 0.05) is 19.2 Å². The number of nitrogens with one attached hydrogen (secondary N) is 1. The van der Waals surface area contributed by atoms with Crippen LogP contribution in [0, 0.1) is 18.3 Å². The summed E-state index contributed by atoms with van der Waals surface area (Å²) in [6, 6.07) is 21.6. The van der Waals surface area contributed by atoms with Gasteiger partial charge >= 0.3 is 0 Å². The summed E-state index contributed by atoms with van der Waals surface area (Å²) >= 11 is 6.81. The van der Waals surface area contributed by atoms with Crippen molar-refractivity contribution in [2.45, 2.75) is 26.3 Å². The van der Waals surface area contributed by atoms with Crippen LogP contribution in [-0.2, 0) is 18.3 Å². The van der Waals surface area contributed by atoms with Crippen LogP contribution in [0.25, 0.3) is 6.08 Å². The van der Waals surface area contributed by atoms with Gasteiger partial charge < -0.3 is 5.32 Å². The number of pyridine rings is 1. The van der Waals surface area contributed by atoms with Crippen molar-refractivity contribution >= 4 is 46.1 Å². The van der Waals surface area contributed by atoms with Crippen LogP contribution in [0.3, 0.4) is 0 Å². The Hall–Kier alpha value is -3.67. The molecule has 1 fully saturated rings. The standard InChI is InChI=1S/C28H26N4O2S2/c1-18-22(16-24-27(34)32(28(35)36-24)19(2)21-12-8-5-9-13-21)25(31(3)26(33)23(18)17-29)30-15-14-20-10-6-4-7-11-20/h4-13,16,19,30H,14-15H2,1-3H3/b24-16+. The van der Waals surface area contributed by atoms with Gasteiger partial charge in [0.2, 0.25) is 0 Å².